The van der Waals surface area contributed by atoms with E-state index in [4.69, 9.17) is 5.21 Å². The molecule has 2 aromatic rings. The summed E-state index contributed by atoms with van der Waals surface area (Å²) in [6.45, 7) is -0.0588. The van der Waals surface area contributed by atoms with Crippen LogP contribution in [-0.4, -0.2) is 61.5 Å². The lowest BCUT2D eigenvalue weighted by molar-refractivity contribution is -0.160. The van der Waals surface area contributed by atoms with Gasteiger partial charge in [0.1, 0.15) is 17.5 Å². The van der Waals surface area contributed by atoms with Gasteiger partial charge in [0.05, 0.1) is 6.54 Å². The lowest BCUT2D eigenvalue weighted by Gasteiger charge is -2.42. The van der Waals surface area contributed by atoms with E-state index < -0.39 is 29.9 Å². The van der Waals surface area contributed by atoms with Gasteiger partial charge in [-0.25, -0.2) is 4.79 Å². The van der Waals surface area contributed by atoms with Gasteiger partial charge < -0.3 is 30.7 Å². The second-order valence-corrected chi connectivity index (χ2v) is 6.34. The molecule has 1 saturated heterocycles. The number of carboxylic acid groups (broad SMARTS) is 1. The molecular weight excluding hydrogens is 382 g/mol. The molecule has 5 N–H and O–H groups in total. The van der Waals surface area contributed by atoms with Crippen molar-refractivity contribution in [2.75, 3.05) is 6.54 Å². The number of nitrogens with zero attached hydrogens (tertiary/aromatic N) is 2. The summed E-state index contributed by atoms with van der Waals surface area (Å²) in [5, 5.41) is 42.6. The average Bonchev–Trinajstić information content (AvgIpc) is 2.69. The van der Waals surface area contributed by atoms with Crippen molar-refractivity contribution in [3.8, 4) is 11.5 Å². The molecule has 0 aromatic heterocycles. The van der Waals surface area contributed by atoms with Crippen LogP contribution < -0.4 is 5.32 Å². The highest BCUT2D eigenvalue weighted by Crippen LogP contribution is 2.28. The fourth-order valence-corrected chi connectivity index (χ4v) is 2.99. The number of rotatable bonds is 6. The quantitative estimate of drug-likeness (QED) is 0.204. The molecule has 2 unspecified atom stereocenters. The number of benzene rings is 2. The molecule has 1 fully saturated rings. The number of likely N-dealkylation sites (tertiary alicyclic amines) is 1. The van der Waals surface area contributed by atoms with E-state index in [2.05, 4.69) is 10.5 Å². The van der Waals surface area contributed by atoms with Crippen LogP contribution in [0.4, 0.5) is 0 Å². The van der Waals surface area contributed by atoms with Gasteiger partial charge in [0.2, 0.25) is 5.91 Å². The molecule has 150 valence electrons. The molecule has 2 atom stereocenters. The van der Waals surface area contributed by atoms with Gasteiger partial charge in [-0.1, -0.05) is 17.3 Å². The molecule has 3 rings (SSSR count). The van der Waals surface area contributed by atoms with Crippen molar-refractivity contribution < 1.29 is 34.9 Å². The first-order valence-electron chi connectivity index (χ1n) is 8.46. The minimum atomic E-state index is -1.26. The summed E-state index contributed by atoms with van der Waals surface area (Å²) in [7, 11) is 0. The van der Waals surface area contributed by atoms with Crippen LogP contribution in [0.25, 0.3) is 0 Å². The zero-order valence-corrected chi connectivity index (χ0v) is 14.9. The molecule has 29 heavy (non-hydrogen) atoms. The van der Waals surface area contributed by atoms with Crippen molar-refractivity contribution in [2.45, 2.75) is 12.1 Å². The Kier molecular flexibility index (Phi) is 5.35. The highest BCUT2D eigenvalue weighted by Gasteiger charge is 2.45. The fourth-order valence-electron chi connectivity index (χ4n) is 2.99. The second-order valence-electron chi connectivity index (χ2n) is 6.34. The normalized spacial score (nSPS) is 17.4. The summed E-state index contributed by atoms with van der Waals surface area (Å²) >= 11 is 0. The number of aliphatic carboxylic acids is 1. The SMILES string of the molecule is O=C(NC1CN(C(C(=O)O)c2ccc(O)cc2)C1=O)C(=NO)c1ccc(O)cc1. The smallest absolute Gasteiger partial charge is 0.331 e. The number of aromatic hydroxyl groups is 2. The van der Waals surface area contributed by atoms with Gasteiger partial charge >= 0.3 is 5.97 Å². The molecule has 10 nitrogen and oxygen atoms in total. The Bertz CT molecular complexity index is 970. The molecular formula is C19H17N3O7. The number of carbonyl (C=O) groups is 3. The number of amides is 2. The van der Waals surface area contributed by atoms with Crippen LogP contribution in [0.1, 0.15) is 17.2 Å². The Morgan fingerprint density at radius 1 is 1.03 bits per heavy atom. The van der Waals surface area contributed by atoms with Gasteiger partial charge in [-0.2, -0.15) is 0 Å². The minimum Gasteiger partial charge on any atom is -0.508 e. The highest BCUT2D eigenvalue weighted by molar-refractivity contribution is 6.45. The van der Waals surface area contributed by atoms with Gasteiger partial charge in [-0.15, -0.1) is 0 Å². The van der Waals surface area contributed by atoms with E-state index in [1.807, 2.05) is 0 Å². The molecule has 0 bridgehead atoms. The maximum absolute atomic E-state index is 12.4. The third-order valence-corrected chi connectivity index (χ3v) is 4.48. The maximum Gasteiger partial charge on any atom is 0.331 e. The van der Waals surface area contributed by atoms with Crippen LogP contribution >= 0.6 is 0 Å². The van der Waals surface area contributed by atoms with Crippen LogP contribution in [0.2, 0.25) is 0 Å². The van der Waals surface area contributed by atoms with E-state index in [9.17, 15) is 29.7 Å². The largest absolute Gasteiger partial charge is 0.508 e. The van der Waals surface area contributed by atoms with Crippen molar-refractivity contribution in [2.24, 2.45) is 5.16 Å². The predicted octanol–water partition coefficient (Wildman–Crippen LogP) is 0.429. The van der Waals surface area contributed by atoms with Gasteiger partial charge in [-0.05, 0) is 42.0 Å². The number of nitrogens with one attached hydrogen (secondary N) is 1. The van der Waals surface area contributed by atoms with Crippen LogP contribution in [0.5, 0.6) is 11.5 Å². The van der Waals surface area contributed by atoms with E-state index >= 15 is 0 Å². The molecule has 0 saturated carbocycles. The summed E-state index contributed by atoms with van der Waals surface area (Å²) in [6.07, 6.45) is 0. The molecule has 2 aromatic carbocycles. The molecule has 1 heterocycles. The third-order valence-electron chi connectivity index (χ3n) is 4.48. The predicted molar refractivity (Wildman–Crippen MR) is 98.6 cm³/mol. The fraction of sp³-hybridized carbons (Fsp3) is 0.158. The Morgan fingerprint density at radius 2 is 1.59 bits per heavy atom. The van der Waals surface area contributed by atoms with Crippen molar-refractivity contribution >= 4 is 23.5 Å². The lowest BCUT2D eigenvalue weighted by atomic mass is 9.97. The maximum atomic E-state index is 12.4. The van der Waals surface area contributed by atoms with Crippen LogP contribution in [0, 0.1) is 0 Å². The van der Waals surface area contributed by atoms with Gasteiger partial charge in [-0.3, -0.25) is 9.59 Å². The number of hydrogen-bond donors (Lipinski definition) is 5. The number of phenolic OH excluding ortho intramolecular Hbond substituents is 2. The highest BCUT2D eigenvalue weighted by atomic mass is 16.4. The van der Waals surface area contributed by atoms with Crippen molar-refractivity contribution in [1.29, 1.82) is 0 Å². The van der Waals surface area contributed by atoms with Gasteiger partial charge in [0.25, 0.3) is 5.91 Å². The van der Waals surface area contributed by atoms with E-state index in [0.717, 1.165) is 4.90 Å². The Labute approximate surface area is 164 Å². The monoisotopic (exact) mass is 399 g/mol. The minimum absolute atomic E-state index is 0.0368. The van der Waals surface area contributed by atoms with Gasteiger partial charge in [0.15, 0.2) is 11.8 Å². The topological polar surface area (TPSA) is 160 Å². The van der Waals surface area contributed by atoms with E-state index in [1.54, 1.807) is 0 Å². The number of carbonyl (C=O) groups excluding carboxylic acids is 2. The van der Waals surface area contributed by atoms with Gasteiger partial charge in [0, 0.05) is 5.56 Å². The van der Waals surface area contributed by atoms with Crippen LogP contribution in [0.3, 0.4) is 0 Å². The van der Waals surface area contributed by atoms with Crippen molar-refractivity contribution in [3.05, 3.63) is 59.7 Å². The number of oxime groups is 1. The van der Waals surface area contributed by atoms with E-state index in [0.29, 0.717) is 5.56 Å². The summed E-state index contributed by atoms with van der Waals surface area (Å²) in [5.74, 6) is -2.77. The average molecular weight is 399 g/mol. The Morgan fingerprint density at radius 3 is 2.07 bits per heavy atom. The molecule has 1 aliphatic rings. The van der Waals surface area contributed by atoms with Crippen LogP contribution in [-0.2, 0) is 14.4 Å². The third kappa shape index (κ3) is 3.95. The lowest BCUT2D eigenvalue weighted by Crippen LogP contribution is -2.66. The van der Waals surface area contributed by atoms with Crippen molar-refractivity contribution in [3.63, 3.8) is 0 Å². The zero-order valence-electron chi connectivity index (χ0n) is 14.9. The first-order chi connectivity index (χ1) is 13.8. The van der Waals surface area contributed by atoms with Crippen molar-refractivity contribution in [1.82, 2.24) is 10.2 Å². The standard InChI is InChI=1S/C19H17N3O7/c23-12-5-1-10(2-6-12)15(21-29)17(25)20-14-9-22(18(14)26)16(19(27)28)11-3-7-13(24)8-4-11/h1-8,14,16,23-24,29H,9H2,(H,20,25)(H,27,28). The summed E-state index contributed by atoms with van der Waals surface area (Å²) < 4.78 is 0. The summed E-state index contributed by atoms with van der Waals surface area (Å²) in [4.78, 5) is 37.5. The number of hydrogen-bond acceptors (Lipinski definition) is 7. The van der Waals surface area contributed by atoms with E-state index in [-0.39, 0.29) is 29.3 Å². The molecule has 0 aliphatic carbocycles. The molecule has 0 spiro atoms. The number of carboxylic acids is 1. The van der Waals surface area contributed by atoms with Crippen LogP contribution in [0.15, 0.2) is 53.7 Å². The Balaban J connectivity index is 1.69. The zero-order chi connectivity index (χ0) is 21.1. The molecule has 10 heteroatoms. The number of β-lactam (4-membered cyclic amide) rings is 1. The second kappa shape index (κ2) is 7.89. The summed E-state index contributed by atoms with van der Waals surface area (Å²) in [5.41, 5.74) is 0.165. The molecule has 2 amide bonds. The first kappa shape index (κ1) is 19.7. The molecule has 1 aliphatic heterocycles. The summed E-state index contributed by atoms with van der Waals surface area (Å²) in [6, 6.07) is 8.53. The first-order valence-corrected chi connectivity index (χ1v) is 8.46. The Hall–Kier alpha value is -4.08. The number of phenols is 2. The van der Waals surface area contributed by atoms with E-state index in [1.165, 1.54) is 48.5 Å². The molecule has 0 radical (unpaired) electrons.